The summed E-state index contributed by atoms with van der Waals surface area (Å²) in [7, 11) is 1.97. The fraction of sp³-hybridized carbons (Fsp3) is 0.667. The molecule has 2 rings (SSSR count). The highest BCUT2D eigenvalue weighted by Gasteiger charge is 2.39. The van der Waals surface area contributed by atoms with Gasteiger partial charge in [0, 0.05) is 38.8 Å². The van der Waals surface area contributed by atoms with Crippen LogP contribution in [0.1, 0.15) is 52.0 Å². The number of rotatable bonds is 7. The lowest BCUT2D eigenvalue weighted by Gasteiger charge is -2.43. The summed E-state index contributed by atoms with van der Waals surface area (Å²) >= 11 is 0. The number of amides is 1. The van der Waals surface area contributed by atoms with Crippen LogP contribution in [0.2, 0.25) is 0 Å². The van der Waals surface area contributed by atoms with Crippen LogP contribution in [0.4, 0.5) is 0 Å². The summed E-state index contributed by atoms with van der Waals surface area (Å²) < 4.78 is 0. The molecule has 0 aromatic heterocycles. The van der Waals surface area contributed by atoms with E-state index in [9.17, 15) is 4.79 Å². The van der Waals surface area contributed by atoms with Gasteiger partial charge in [0.05, 0.1) is 5.41 Å². The van der Waals surface area contributed by atoms with Crippen LogP contribution in [-0.2, 0) is 11.3 Å². The minimum atomic E-state index is -0.390. The molecule has 6 heteroatoms. The topological polar surface area (TPSA) is 49.6 Å². The van der Waals surface area contributed by atoms with Gasteiger partial charge in [0.15, 0.2) is 0 Å². The van der Waals surface area contributed by atoms with Gasteiger partial charge >= 0.3 is 0 Å². The number of likely N-dealkylation sites (tertiary alicyclic amines) is 1. The van der Waals surface area contributed by atoms with Crippen molar-refractivity contribution in [2.45, 2.75) is 65.1 Å². The standard InChI is InChI=1S/C21H35N3O.2ClH/c1-5-21(6-2,16-22)20(25)23(4)19-12-13-24(17(3)14-19)15-18-10-8-7-9-11-18;;/h7-11,17,19H,5-6,12-16,22H2,1-4H3;2*1H. The second-order valence-corrected chi connectivity index (χ2v) is 7.59. The van der Waals surface area contributed by atoms with Gasteiger partial charge in [0.2, 0.25) is 5.91 Å². The van der Waals surface area contributed by atoms with Gasteiger partial charge < -0.3 is 10.6 Å². The maximum Gasteiger partial charge on any atom is 0.230 e. The summed E-state index contributed by atoms with van der Waals surface area (Å²) in [5, 5.41) is 0. The first-order valence-electron chi connectivity index (χ1n) is 9.72. The molecule has 156 valence electrons. The van der Waals surface area contributed by atoms with Gasteiger partial charge in [-0.15, -0.1) is 24.8 Å². The van der Waals surface area contributed by atoms with E-state index in [0.717, 1.165) is 38.8 Å². The van der Waals surface area contributed by atoms with Gasteiger partial charge in [0.1, 0.15) is 0 Å². The summed E-state index contributed by atoms with van der Waals surface area (Å²) in [5.41, 5.74) is 6.94. The zero-order valence-electron chi connectivity index (χ0n) is 17.2. The third kappa shape index (κ3) is 6.08. The molecule has 1 aliphatic heterocycles. The molecule has 0 saturated carbocycles. The van der Waals surface area contributed by atoms with Crippen molar-refractivity contribution in [3.8, 4) is 0 Å². The van der Waals surface area contributed by atoms with Crippen LogP contribution in [0.5, 0.6) is 0 Å². The van der Waals surface area contributed by atoms with Gasteiger partial charge in [-0.3, -0.25) is 9.69 Å². The minimum absolute atomic E-state index is 0. The quantitative estimate of drug-likeness (QED) is 0.725. The van der Waals surface area contributed by atoms with E-state index >= 15 is 0 Å². The van der Waals surface area contributed by atoms with Crippen LogP contribution < -0.4 is 5.73 Å². The highest BCUT2D eigenvalue weighted by Crippen LogP contribution is 2.31. The number of hydrogen-bond acceptors (Lipinski definition) is 3. The zero-order valence-corrected chi connectivity index (χ0v) is 18.8. The fourth-order valence-electron chi connectivity index (χ4n) is 4.07. The Balaban J connectivity index is 0.00000338. The van der Waals surface area contributed by atoms with Gasteiger partial charge in [0.25, 0.3) is 0 Å². The molecular formula is C21H37Cl2N3O. The molecule has 1 aromatic carbocycles. The van der Waals surface area contributed by atoms with E-state index in [0.29, 0.717) is 18.6 Å². The summed E-state index contributed by atoms with van der Waals surface area (Å²) in [4.78, 5) is 17.6. The molecule has 1 saturated heterocycles. The summed E-state index contributed by atoms with van der Waals surface area (Å²) in [6, 6.07) is 11.4. The Bertz CT molecular complexity index is 543. The molecule has 1 heterocycles. The number of piperidine rings is 1. The number of hydrogen-bond donors (Lipinski definition) is 1. The van der Waals surface area contributed by atoms with E-state index in [1.807, 2.05) is 11.9 Å². The SMILES string of the molecule is CCC(CC)(CN)C(=O)N(C)C1CCN(Cc2ccccc2)C(C)C1.Cl.Cl. The highest BCUT2D eigenvalue weighted by atomic mass is 35.5. The number of carbonyl (C=O) groups excluding carboxylic acids is 1. The van der Waals surface area contributed by atoms with Crippen molar-refractivity contribution in [3.63, 3.8) is 0 Å². The molecule has 2 atom stereocenters. The largest absolute Gasteiger partial charge is 0.342 e. The zero-order chi connectivity index (χ0) is 18.4. The Kier molecular flexibility index (Phi) is 11.5. The molecule has 27 heavy (non-hydrogen) atoms. The summed E-state index contributed by atoms with van der Waals surface area (Å²) in [6.45, 7) is 8.89. The monoisotopic (exact) mass is 417 g/mol. The van der Waals surface area contributed by atoms with E-state index in [1.165, 1.54) is 5.56 Å². The van der Waals surface area contributed by atoms with Crippen molar-refractivity contribution in [2.24, 2.45) is 11.1 Å². The molecule has 1 aromatic rings. The molecule has 0 aliphatic carbocycles. The Morgan fingerprint density at radius 3 is 2.30 bits per heavy atom. The number of nitrogens with zero attached hydrogens (tertiary/aromatic N) is 2. The van der Waals surface area contributed by atoms with Crippen LogP contribution in [0.15, 0.2) is 30.3 Å². The minimum Gasteiger partial charge on any atom is -0.342 e. The molecule has 4 nitrogen and oxygen atoms in total. The molecule has 0 radical (unpaired) electrons. The summed E-state index contributed by atoms with van der Waals surface area (Å²) in [6.07, 6.45) is 3.69. The lowest BCUT2D eigenvalue weighted by Crippen LogP contribution is -2.54. The molecule has 1 amide bonds. The molecular weight excluding hydrogens is 381 g/mol. The first kappa shape index (κ1) is 26.2. The average Bonchev–Trinajstić information content (AvgIpc) is 2.65. The van der Waals surface area contributed by atoms with Crippen LogP contribution in [0, 0.1) is 5.41 Å². The van der Waals surface area contributed by atoms with E-state index < -0.39 is 0 Å². The van der Waals surface area contributed by atoms with Gasteiger partial charge in [-0.2, -0.15) is 0 Å². The second-order valence-electron chi connectivity index (χ2n) is 7.59. The first-order valence-corrected chi connectivity index (χ1v) is 9.72. The average molecular weight is 418 g/mol. The third-order valence-corrected chi connectivity index (χ3v) is 6.28. The first-order chi connectivity index (χ1) is 12.0. The van der Waals surface area contributed by atoms with Gasteiger partial charge in [-0.25, -0.2) is 0 Å². The Morgan fingerprint density at radius 1 is 1.22 bits per heavy atom. The predicted molar refractivity (Wildman–Crippen MR) is 119 cm³/mol. The molecule has 1 aliphatic rings. The highest BCUT2D eigenvalue weighted by molar-refractivity contribution is 5.85. The van der Waals surface area contributed by atoms with Crippen LogP contribution in [0.25, 0.3) is 0 Å². The molecule has 2 unspecified atom stereocenters. The van der Waals surface area contributed by atoms with E-state index in [1.54, 1.807) is 0 Å². The maximum absolute atomic E-state index is 13.1. The van der Waals surface area contributed by atoms with Crippen molar-refractivity contribution >= 4 is 30.7 Å². The van der Waals surface area contributed by atoms with Crippen LogP contribution in [0.3, 0.4) is 0 Å². The Hall–Kier alpha value is -0.810. The van der Waals surface area contributed by atoms with Crippen LogP contribution >= 0.6 is 24.8 Å². The van der Waals surface area contributed by atoms with Crippen molar-refractivity contribution in [3.05, 3.63) is 35.9 Å². The third-order valence-electron chi connectivity index (χ3n) is 6.28. The number of benzene rings is 1. The number of halogens is 2. The number of carbonyl (C=O) groups is 1. The van der Waals surface area contributed by atoms with Gasteiger partial charge in [-0.05, 0) is 38.2 Å². The second kappa shape index (κ2) is 11.9. The van der Waals surface area contributed by atoms with Gasteiger partial charge in [-0.1, -0.05) is 44.2 Å². The van der Waals surface area contributed by atoms with E-state index in [-0.39, 0.29) is 36.1 Å². The van der Waals surface area contributed by atoms with E-state index in [2.05, 4.69) is 56.0 Å². The smallest absolute Gasteiger partial charge is 0.230 e. The Morgan fingerprint density at radius 2 is 1.81 bits per heavy atom. The maximum atomic E-state index is 13.1. The molecule has 1 fully saturated rings. The normalized spacial score (nSPS) is 20.3. The van der Waals surface area contributed by atoms with E-state index in [4.69, 9.17) is 5.73 Å². The van der Waals surface area contributed by atoms with Crippen molar-refractivity contribution < 1.29 is 4.79 Å². The van der Waals surface area contributed by atoms with Crippen molar-refractivity contribution in [1.82, 2.24) is 9.80 Å². The summed E-state index contributed by atoms with van der Waals surface area (Å²) in [5.74, 6) is 0.230. The van der Waals surface area contributed by atoms with Crippen LogP contribution in [-0.4, -0.2) is 47.9 Å². The van der Waals surface area contributed by atoms with Crippen molar-refractivity contribution in [2.75, 3.05) is 20.1 Å². The lowest BCUT2D eigenvalue weighted by atomic mass is 9.80. The molecule has 2 N–H and O–H groups in total. The van der Waals surface area contributed by atoms with Crippen molar-refractivity contribution in [1.29, 1.82) is 0 Å². The fourth-order valence-corrected chi connectivity index (χ4v) is 4.07. The Labute approximate surface area is 177 Å². The lowest BCUT2D eigenvalue weighted by molar-refractivity contribution is -0.144. The predicted octanol–water partition coefficient (Wildman–Crippen LogP) is 4.11. The number of nitrogens with two attached hydrogens (primary N) is 1. The molecule has 0 bridgehead atoms. The molecule has 0 spiro atoms.